The number of H-pyrrole nitrogens is 1. The molecule has 9 heteroatoms. The standard InChI is InChI=1S/C31H43N3O6/c1-31(2)39-22-25-19-24(13-14-28(25)40-31)27(35)20-32-15-6-3-4-7-16-38-17-8-5-10-23-11-9-12-26(18-23)34-29(36)21-33-30(34)37/h9,11-14,18-19,21,27,32,35-36H,3-8,10,15-17,20,22H2,1-2H3,(H,33,37)/t27-/m1/s1. The van der Waals surface area contributed by atoms with Crippen LogP contribution in [0.2, 0.25) is 0 Å². The first-order valence-electron chi connectivity index (χ1n) is 14.3. The lowest BCUT2D eigenvalue weighted by Crippen LogP contribution is -2.35. The largest absolute Gasteiger partial charge is 0.493 e. The molecule has 0 saturated carbocycles. The number of imidazole rings is 1. The van der Waals surface area contributed by atoms with Crippen molar-refractivity contribution in [2.45, 2.75) is 77.3 Å². The van der Waals surface area contributed by atoms with Gasteiger partial charge < -0.3 is 34.7 Å². The molecule has 0 saturated heterocycles. The average Bonchev–Trinajstić information content (AvgIpc) is 3.28. The molecule has 1 aromatic heterocycles. The lowest BCUT2D eigenvalue weighted by Gasteiger charge is -2.33. The van der Waals surface area contributed by atoms with Gasteiger partial charge in [-0.15, -0.1) is 0 Å². The van der Waals surface area contributed by atoms with Crippen molar-refractivity contribution in [2.75, 3.05) is 26.3 Å². The lowest BCUT2D eigenvalue weighted by atomic mass is 10.0. The van der Waals surface area contributed by atoms with Crippen molar-refractivity contribution in [3.05, 3.63) is 75.8 Å². The number of nitrogens with zero attached hydrogens (tertiary/aromatic N) is 1. The van der Waals surface area contributed by atoms with Gasteiger partial charge in [0.2, 0.25) is 11.7 Å². The molecule has 2 aromatic carbocycles. The molecule has 2 heterocycles. The van der Waals surface area contributed by atoms with Gasteiger partial charge in [-0.2, -0.15) is 0 Å². The van der Waals surface area contributed by atoms with Gasteiger partial charge in [-0.3, -0.25) is 0 Å². The van der Waals surface area contributed by atoms with E-state index in [1.165, 1.54) is 10.8 Å². The van der Waals surface area contributed by atoms with Gasteiger partial charge in [-0.05, 0) is 74.0 Å². The summed E-state index contributed by atoms with van der Waals surface area (Å²) in [4.78, 5) is 14.4. The highest BCUT2D eigenvalue weighted by Gasteiger charge is 2.27. The van der Waals surface area contributed by atoms with E-state index in [9.17, 15) is 15.0 Å². The number of ether oxygens (including phenoxy) is 3. The van der Waals surface area contributed by atoms with Crippen LogP contribution in [0.15, 0.2) is 53.5 Å². The zero-order valence-electron chi connectivity index (χ0n) is 23.7. The molecule has 1 atom stereocenters. The SMILES string of the molecule is CC1(C)OCc2cc([C@H](O)CNCCCCCCOCCCCc3cccc(-n4c(O)c[nH]c4=O)c3)ccc2O1. The third-order valence-corrected chi connectivity index (χ3v) is 7.06. The summed E-state index contributed by atoms with van der Waals surface area (Å²) in [5, 5.41) is 23.8. The van der Waals surface area contributed by atoms with E-state index in [0.29, 0.717) is 18.8 Å². The first-order chi connectivity index (χ1) is 19.3. The molecule has 0 unspecified atom stereocenters. The Labute approximate surface area is 236 Å². The van der Waals surface area contributed by atoms with E-state index in [0.717, 1.165) is 87.1 Å². The molecule has 9 nitrogen and oxygen atoms in total. The predicted molar refractivity (Wildman–Crippen MR) is 154 cm³/mol. The molecule has 0 spiro atoms. The molecule has 4 N–H and O–H groups in total. The zero-order chi connectivity index (χ0) is 28.4. The molecule has 0 fully saturated rings. The van der Waals surface area contributed by atoms with Crippen molar-refractivity contribution in [3.8, 4) is 17.3 Å². The Bertz CT molecular complexity index is 1270. The average molecular weight is 554 g/mol. The molecule has 3 aromatic rings. The van der Waals surface area contributed by atoms with Gasteiger partial charge in [0.05, 0.1) is 24.6 Å². The van der Waals surface area contributed by atoms with Crippen molar-refractivity contribution in [1.29, 1.82) is 0 Å². The van der Waals surface area contributed by atoms with Crippen molar-refractivity contribution < 1.29 is 24.4 Å². The highest BCUT2D eigenvalue weighted by molar-refractivity contribution is 5.39. The van der Waals surface area contributed by atoms with Gasteiger partial charge in [0.25, 0.3) is 0 Å². The normalized spacial score (nSPS) is 15.0. The predicted octanol–water partition coefficient (Wildman–Crippen LogP) is 4.74. The Balaban J connectivity index is 0.990. The summed E-state index contributed by atoms with van der Waals surface area (Å²) in [6.07, 6.45) is 7.99. The molecule has 40 heavy (non-hydrogen) atoms. The number of aliphatic hydroxyl groups is 1. The summed E-state index contributed by atoms with van der Waals surface area (Å²) in [5.41, 5.74) is 3.28. The van der Waals surface area contributed by atoms with Crippen LogP contribution in [0, 0.1) is 0 Å². The fraction of sp³-hybridized carbons (Fsp3) is 0.516. The smallest absolute Gasteiger partial charge is 0.333 e. The van der Waals surface area contributed by atoms with Crippen LogP contribution in [-0.2, 0) is 22.5 Å². The number of aliphatic hydroxyl groups excluding tert-OH is 1. The number of rotatable bonds is 16. The highest BCUT2D eigenvalue weighted by Crippen LogP contribution is 2.32. The van der Waals surface area contributed by atoms with Crippen LogP contribution in [0.25, 0.3) is 5.69 Å². The second-order valence-electron chi connectivity index (χ2n) is 10.8. The summed E-state index contributed by atoms with van der Waals surface area (Å²) < 4.78 is 18.6. The third kappa shape index (κ3) is 8.69. The fourth-order valence-electron chi connectivity index (χ4n) is 4.82. The van der Waals surface area contributed by atoms with Gasteiger partial charge in [-0.25, -0.2) is 9.36 Å². The summed E-state index contributed by atoms with van der Waals surface area (Å²) in [5.74, 6) is 0.112. The number of hydrogen-bond acceptors (Lipinski definition) is 7. The van der Waals surface area contributed by atoms with Crippen molar-refractivity contribution in [2.24, 2.45) is 0 Å². The number of nitrogens with one attached hydrogen (secondary N) is 2. The van der Waals surface area contributed by atoms with Crippen LogP contribution in [-0.4, -0.2) is 51.9 Å². The van der Waals surface area contributed by atoms with E-state index >= 15 is 0 Å². The summed E-state index contributed by atoms with van der Waals surface area (Å²) in [7, 11) is 0. The van der Waals surface area contributed by atoms with Crippen LogP contribution in [0.1, 0.15) is 75.2 Å². The van der Waals surface area contributed by atoms with Crippen molar-refractivity contribution in [1.82, 2.24) is 14.9 Å². The first kappa shape index (κ1) is 29.9. The van der Waals surface area contributed by atoms with E-state index in [1.807, 2.05) is 56.3 Å². The van der Waals surface area contributed by atoms with E-state index < -0.39 is 11.9 Å². The van der Waals surface area contributed by atoms with Crippen LogP contribution in [0.4, 0.5) is 0 Å². The number of aromatic hydroxyl groups is 1. The van der Waals surface area contributed by atoms with E-state index in [1.54, 1.807) is 0 Å². The first-order valence-corrected chi connectivity index (χ1v) is 14.3. The molecule has 0 amide bonds. The summed E-state index contributed by atoms with van der Waals surface area (Å²) in [6, 6.07) is 13.5. The van der Waals surface area contributed by atoms with Gasteiger partial charge in [-0.1, -0.05) is 31.0 Å². The van der Waals surface area contributed by atoms with Crippen LogP contribution in [0.5, 0.6) is 11.6 Å². The second kappa shape index (κ2) is 14.5. The Hall–Kier alpha value is -3.11. The second-order valence-corrected chi connectivity index (χ2v) is 10.8. The van der Waals surface area contributed by atoms with Gasteiger partial charge in [0.15, 0.2) is 0 Å². The van der Waals surface area contributed by atoms with E-state index in [-0.39, 0.29) is 11.6 Å². The van der Waals surface area contributed by atoms with Crippen molar-refractivity contribution >= 4 is 0 Å². The van der Waals surface area contributed by atoms with Gasteiger partial charge >= 0.3 is 5.69 Å². The maximum absolute atomic E-state index is 11.9. The number of unbranched alkanes of at least 4 members (excludes halogenated alkanes) is 4. The number of benzene rings is 2. The maximum atomic E-state index is 11.9. The van der Waals surface area contributed by atoms with Crippen LogP contribution < -0.4 is 15.7 Å². The molecular weight excluding hydrogens is 510 g/mol. The quantitative estimate of drug-likeness (QED) is 0.189. The molecular formula is C31H43N3O6. The lowest BCUT2D eigenvalue weighted by molar-refractivity contribution is -0.180. The Morgan fingerprint density at radius 1 is 1.07 bits per heavy atom. The topological polar surface area (TPSA) is 118 Å². The number of aryl methyl sites for hydroxylation is 1. The molecule has 1 aliphatic heterocycles. The molecule has 218 valence electrons. The minimum atomic E-state index is -0.614. The van der Waals surface area contributed by atoms with Crippen LogP contribution >= 0.6 is 0 Å². The Morgan fingerprint density at radius 3 is 2.67 bits per heavy atom. The van der Waals surface area contributed by atoms with Crippen molar-refractivity contribution in [3.63, 3.8) is 0 Å². The maximum Gasteiger partial charge on any atom is 0.333 e. The zero-order valence-corrected chi connectivity index (χ0v) is 23.7. The highest BCUT2D eigenvalue weighted by atomic mass is 16.7. The number of fused-ring (bicyclic) bond motifs is 1. The molecule has 4 rings (SSSR count). The van der Waals surface area contributed by atoms with E-state index in [4.69, 9.17) is 14.2 Å². The minimum absolute atomic E-state index is 0.0942. The van der Waals surface area contributed by atoms with Crippen LogP contribution in [0.3, 0.4) is 0 Å². The number of aromatic amines is 1. The summed E-state index contributed by atoms with van der Waals surface area (Å²) in [6.45, 7) is 7.20. The molecule has 0 bridgehead atoms. The minimum Gasteiger partial charge on any atom is -0.493 e. The number of hydrogen-bond donors (Lipinski definition) is 4. The Morgan fingerprint density at radius 2 is 1.88 bits per heavy atom. The molecule has 0 radical (unpaired) electrons. The monoisotopic (exact) mass is 553 g/mol. The molecule has 0 aliphatic carbocycles. The number of aromatic nitrogens is 2. The Kier molecular flexibility index (Phi) is 10.8. The fourth-order valence-corrected chi connectivity index (χ4v) is 4.82. The third-order valence-electron chi connectivity index (χ3n) is 7.06. The van der Waals surface area contributed by atoms with Gasteiger partial charge in [0, 0.05) is 39.2 Å². The van der Waals surface area contributed by atoms with E-state index in [2.05, 4.69) is 10.3 Å². The summed E-state index contributed by atoms with van der Waals surface area (Å²) >= 11 is 0. The molecule has 1 aliphatic rings. The van der Waals surface area contributed by atoms with Gasteiger partial charge in [0.1, 0.15) is 5.75 Å².